The molecule has 0 aliphatic rings. The van der Waals surface area contributed by atoms with Gasteiger partial charge in [-0.1, -0.05) is 33.8 Å². The van der Waals surface area contributed by atoms with E-state index in [2.05, 4.69) is 19.2 Å². The molecule has 0 fully saturated rings. The van der Waals surface area contributed by atoms with E-state index in [1.807, 2.05) is 32.0 Å². The van der Waals surface area contributed by atoms with E-state index in [1.54, 1.807) is 28.1 Å². The number of nitrogens with two attached hydrogens (primary N) is 2. The topological polar surface area (TPSA) is 146 Å². The second kappa shape index (κ2) is 16.7. The number of hydrogen-bond donors (Lipinski definition) is 4. The van der Waals surface area contributed by atoms with Gasteiger partial charge in [0.2, 0.25) is 11.8 Å². The maximum atomic E-state index is 12.9. The van der Waals surface area contributed by atoms with Gasteiger partial charge in [0, 0.05) is 38.6 Å². The lowest BCUT2D eigenvalue weighted by Crippen LogP contribution is -2.46. The van der Waals surface area contributed by atoms with Crippen molar-refractivity contribution in [1.82, 2.24) is 5.32 Å². The molecule has 0 saturated heterocycles. The number of methoxy groups -OCH3 is 2. The monoisotopic (exact) mass is 551 g/mol. The average Bonchev–Trinajstić information content (AvgIpc) is 2.87. The van der Waals surface area contributed by atoms with Crippen molar-refractivity contribution < 1.29 is 28.9 Å². The first-order valence-corrected chi connectivity index (χ1v) is 14.0. The van der Waals surface area contributed by atoms with Gasteiger partial charge in [-0.2, -0.15) is 0 Å². The van der Waals surface area contributed by atoms with E-state index in [-0.39, 0.29) is 30.7 Å². The van der Waals surface area contributed by atoms with Crippen LogP contribution in [-0.2, 0) is 20.7 Å². The van der Waals surface area contributed by atoms with Gasteiger partial charge < -0.3 is 36.1 Å². The zero-order valence-electron chi connectivity index (χ0n) is 25.3. The third kappa shape index (κ3) is 11.7. The van der Waals surface area contributed by atoms with Crippen LogP contribution in [0.1, 0.15) is 66.4 Å². The lowest BCUT2D eigenvalue weighted by molar-refractivity contribution is -0.130. The fourth-order valence-corrected chi connectivity index (χ4v) is 4.39. The van der Waals surface area contributed by atoms with Crippen LogP contribution in [0.5, 0.6) is 11.5 Å². The summed E-state index contributed by atoms with van der Waals surface area (Å²) in [6.07, 6.45) is 1.56. The van der Waals surface area contributed by atoms with Crippen molar-refractivity contribution in [2.75, 3.05) is 34.0 Å². The zero-order chi connectivity index (χ0) is 29.8. The molecule has 9 heteroatoms. The molecule has 0 spiro atoms. The Kier molecular flexibility index (Phi) is 14.8. The number of benzene rings is 1. The SMILES string of the molecule is COCCCOc1cc(CC(C[C@H](N)[C@@H](O)CC(C(=O)NCC(C)(C)C(N)=O)C(C)C)C(C)C)ccc1OC. The van der Waals surface area contributed by atoms with Gasteiger partial charge in [0.05, 0.1) is 25.2 Å². The second-order valence-electron chi connectivity index (χ2n) is 11.9. The minimum Gasteiger partial charge on any atom is -0.493 e. The molecule has 0 saturated carbocycles. The smallest absolute Gasteiger partial charge is 0.224 e. The van der Waals surface area contributed by atoms with Gasteiger partial charge in [-0.15, -0.1) is 0 Å². The van der Waals surface area contributed by atoms with Gasteiger partial charge in [0.1, 0.15) is 0 Å². The van der Waals surface area contributed by atoms with E-state index in [0.29, 0.717) is 37.1 Å². The average molecular weight is 552 g/mol. The summed E-state index contributed by atoms with van der Waals surface area (Å²) in [4.78, 5) is 24.5. The van der Waals surface area contributed by atoms with Crippen LogP contribution in [0.2, 0.25) is 0 Å². The first kappa shape index (κ1) is 34.7. The van der Waals surface area contributed by atoms with E-state index in [1.165, 1.54) is 0 Å². The maximum Gasteiger partial charge on any atom is 0.224 e. The van der Waals surface area contributed by atoms with Crippen molar-refractivity contribution in [3.8, 4) is 11.5 Å². The summed E-state index contributed by atoms with van der Waals surface area (Å²) in [6.45, 7) is 12.9. The Morgan fingerprint density at radius 1 is 1.03 bits per heavy atom. The van der Waals surface area contributed by atoms with Gasteiger partial charge in [-0.25, -0.2) is 0 Å². The minimum atomic E-state index is -0.854. The number of aliphatic hydroxyl groups is 1. The molecule has 9 nitrogen and oxygen atoms in total. The Morgan fingerprint density at radius 2 is 1.69 bits per heavy atom. The highest BCUT2D eigenvalue weighted by Crippen LogP contribution is 2.32. The van der Waals surface area contributed by atoms with Crippen LogP contribution < -0.4 is 26.3 Å². The molecule has 39 heavy (non-hydrogen) atoms. The molecule has 0 heterocycles. The van der Waals surface area contributed by atoms with E-state index in [4.69, 9.17) is 25.7 Å². The van der Waals surface area contributed by atoms with E-state index >= 15 is 0 Å². The zero-order valence-corrected chi connectivity index (χ0v) is 25.3. The maximum absolute atomic E-state index is 12.9. The number of primary amides is 1. The van der Waals surface area contributed by atoms with E-state index in [9.17, 15) is 14.7 Å². The summed E-state index contributed by atoms with van der Waals surface area (Å²) in [6, 6.07) is 5.47. The molecule has 224 valence electrons. The van der Waals surface area contributed by atoms with Gasteiger partial charge in [0.25, 0.3) is 0 Å². The molecule has 1 aromatic rings. The molecule has 0 aromatic heterocycles. The Balaban J connectivity index is 2.87. The van der Waals surface area contributed by atoms with E-state index in [0.717, 1.165) is 18.4 Å². The summed E-state index contributed by atoms with van der Waals surface area (Å²) >= 11 is 0. The highest BCUT2D eigenvalue weighted by Gasteiger charge is 2.32. The molecule has 0 bridgehead atoms. The van der Waals surface area contributed by atoms with Gasteiger partial charge in [-0.3, -0.25) is 9.59 Å². The van der Waals surface area contributed by atoms with Crippen LogP contribution in [0, 0.1) is 29.1 Å². The van der Waals surface area contributed by atoms with Crippen molar-refractivity contribution in [3.05, 3.63) is 23.8 Å². The summed E-state index contributed by atoms with van der Waals surface area (Å²) in [5, 5.41) is 13.9. The molecule has 4 atom stereocenters. The highest BCUT2D eigenvalue weighted by atomic mass is 16.5. The van der Waals surface area contributed by atoms with Crippen LogP contribution in [0.3, 0.4) is 0 Å². The molecular weight excluding hydrogens is 498 g/mol. The predicted octanol–water partition coefficient (Wildman–Crippen LogP) is 3.29. The Hall–Kier alpha value is -2.36. The lowest BCUT2D eigenvalue weighted by atomic mass is 9.80. The standard InChI is InChI=1S/C30H53N3O6/c1-19(2)22(14-21-10-11-26(38-8)27(15-21)39-13-9-12-37-7)16-24(31)25(34)17-23(20(3)4)28(35)33-18-30(5,6)29(32)36/h10-11,15,19-20,22-25,34H,9,12-14,16-18,31H2,1-8H3,(H2,32,36)(H,33,35)/t22?,23?,24-,25-/m0/s1. The Labute approximate surface area is 235 Å². The number of ether oxygens (including phenoxy) is 3. The molecule has 2 unspecified atom stereocenters. The van der Waals surface area contributed by atoms with Gasteiger partial charge in [-0.05, 0) is 68.6 Å². The molecule has 2 amide bonds. The summed E-state index contributed by atoms with van der Waals surface area (Å²) in [7, 11) is 3.29. The van der Waals surface area contributed by atoms with Gasteiger partial charge >= 0.3 is 0 Å². The molecule has 0 aliphatic carbocycles. The molecule has 0 aliphatic heterocycles. The number of rotatable bonds is 19. The Morgan fingerprint density at radius 3 is 2.23 bits per heavy atom. The number of aliphatic hydroxyl groups excluding tert-OH is 1. The van der Waals surface area contributed by atoms with Crippen LogP contribution in [0.4, 0.5) is 0 Å². The van der Waals surface area contributed by atoms with Gasteiger partial charge in [0.15, 0.2) is 11.5 Å². The highest BCUT2D eigenvalue weighted by molar-refractivity contribution is 5.83. The fraction of sp³-hybridized carbons (Fsp3) is 0.733. The third-order valence-corrected chi connectivity index (χ3v) is 7.50. The second-order valence-corrected chi connectivity index (χ2v) is 11.9. The molecule has 0 radical (unpaired) electrons. The minimum absolute atomic E-state index is 0.00829. The fourth-order valence-electron chi connectivity index (χ4n) is 4.39. The number of nitrogens with one attached hydrogen (secondary N) is 1. The van der Waals surface area contributed by atoms with Crippen molar-refractivity contribution in [2.45, 2.75) is 79.4 Å². The van der Waals surface area contributed by atoms with Crippen molar-refractivity contribution in [1.29, 1.82) is 0 Å². The molecule has 1 aromatic carbocycles. The molecule has 1 rings (SSSR count). The normalized spacial score (nSPS) is 15.1. The first-order valence-electron chi connectivity index (χ1n) is 14.0. The third-order valence-electron chi connectivity index (χ3n) is 7.50. The van der Waals surface area contributed by atoms with Crippen LogP contribution in [-0.4, -0.2) is 63.0 Å². The summed E-state index contributed by atoms with van der Waals surface area (Å²) in [5.41, 5.74) is 12.2. The van der Waals surface area contributed by atoms with Crippen LogP contribution in [0.25, 0.3) is 0 Å². The Bertz CT molecular complexity index is 889. The van der Waals surface area contributed by atoms with Crippen LogP contribution in [0.15, 0.2) is 18.2 Å². The quantitative estimate of drug-likeness (QED) is 0.193. The summed E-state index contributed by atoms with van der Waals surface area (Å²) in [5.74, 6) is 0.792. The number of hydrogen-bond acceptors (Lipinski definition) is 7. The van der Waals surface area contributed by atoms with E-state index < -0.39 is 29.4 Å². The summed E-state index contributed by atoms with van der Waals surface area (Å²) < 4.78 is 16.5. The van der Waals surface area contributed by atoms with Crippen LogP contribution >= 0.6 is 0 Å². The first-order chi connectivity index (χ1) is 18.2. The van der Waals surface area contributed by atoms with Crippen molar-refractivity contribution in [2.24, 2.45) is 40.6 Å². The predicted molar refractivity (Wildman–Crippen MR) is 155 cm³/mol. The number of carbonyl (C=O) groups is 2. The molecular formula is C30H53N3O6. The van der Waals surface area contributed by atoms with Crippen molar-refractivity contribution >= 4 is 11.8 Å². The largest absolute Gasteiger partial charge is 0.493 e. The molecule has 6 N–H and O–H groups in total. The van der Waals surface area contributed by atoms with Crippen molar-refractivity contribution in [3.63, 3.8) is 0 Å². The number of carbonyl (C=O) groups excluding carboxylic acids is 2. The number of amides is 2. The lowest BCUT2D eigenvalue weighted by Gasteiger charge is -2.30.